The SMILES string of the molecule is CCOC(=O)C1CCC(OCN2CCC[C@@H]2C(=O)OC(C)(C)C)CC1. The molecule has 2 fully saturated rings. The van der Waals surface area contributed by atoms with Crippen molar-refractivity contribution in [3.05, 3.63) is 0 Å². The van der Waals surface area contributed by atoms with Crippen LogP contribution >= 0.6 is 0 Å². The van der Waals surface area contributed by atoms with E-state index in [4.69, 9.17) is 14.2 Å². The number of nitrogens with zero attached hydrogens (tertiary/aromatic N) is 1. The van der Waals surface area contributed by atoms with Crippen molar-refractivity contribution in [3.8, 4) is 0 Å². The highest BCUT2D eigenvalue weighted by molar-refractivity contribution is 5.76. The van der Waals surface area contributed by atoms with Gasteiger partial charge in [0.2, 0.25) is 0 Å². The third-order valence-corrected chi connectivity index (χ3v) is 4.81. The number of ether oxygens (including phenoxy) is 3. The number of hydrogen-bond donors (Lipinski definition) is 0. The van der Waals surface area contributed by atoms with Crippen molar-refractivity contribution in [2.75, 3.05) is 19.9 Å². The summed E-state index contributed by atoms with van der Waals surface area (Å²) in [6.45, 7) is 9.27. The van der Waals surface area contributed by atoms with Gasteiger partial charge in [-0.15, -0.1) is 0 Å². The Morgan fingerprint density at radius 2 is 1.72 bits per heavy atom. The lowest BCUT2D eigenvalue weighted by atomic mass is 9.87. The van der Waals surface area contributed by atoms with Crippen molar-refractivity contribution in [2.45, 2.75) is 84.0 Å². The monoisotopic (exact) mass is 355 g/mol. The fraction of sp³-hybridized carbons (Fsp3) is 0.895. The molecule has 0 aromatic heterocycles. The summed E-state index contributed by atoms with van der Waals surface area (Å²) in [4.78, 5) is 26.2. The first-order valence-electron chi connectivity index (χ1n) is 9.55. The molecule has 0 unspecified atom stereocenters. The van der Waals surface area contributed by atoms with Crippen LogP contribution in [0.1, 0.15) is 66.2 Å². The zero-order chi connectivity index (χ0) is 18.4. The van der Waals surface area contributed by atoms with Crippen molar-refractivity contribution < 1.29 is 23.8 Å². The zero-order valence-corrected chi connectivity index (χ0v) is 16.1. The van der Waals surface area contributed by atoms with E-state index in [0.29, 0.717) is 13.3 Å². The second-order valence-electron chi connectivity index (χ2n) is 8.03. The molecule has 6 nitrogen and oxygen atoms in total. The van der Waals surface area contributed by atoms with Crippen LogP contribution in [0.15, 0.2) is 0 Å². The highest BCUT2D eigenvalue weighted by atomic mass is 16.6. The van der Waals surface area contributed by atoms with Gasteiger partial charge in [0, 0.05) is 6.54 Å². The second-order valence-corrected chi connectivity index (χ2v) is 8.03. The van der Waals surface area contributed by atoms with E-state index in [2.05, 4.69) is 4.90 Å². The molecule has 1 aliphatic heterocycles. The van der Waals surface area contributed by atoms with Gasteiger partial charge in [0.15, 0.2) is 0 Å². The van der Waals surface area contributed by atoms with Crippen LogP contribution in [0.25, 0.3) is 0 Å². The Bertz CT molecular complexity index is 451. The van der Waals surface area contributed by atoms with Gasteiger partial charge in [-0.2, -0.15) is 0 Å². The first-order valence-corrected chi connectivity index (χ1v) is 9.55. The van der Waals surface area contributed by atoms with Gasteiger partial charge in [-0.1, -0.05) is 0 Å². The minimum Gasteiger partial charge on any atom is -0.466 e. The molecule has 1 saturated heterocycles. The lowest BCUT2D eigenvalue weighted by Crippen LogP contribution is -2.42. The molecule has 2 rings (SSSR count). The molecule has 0 aromatic carbocycles. The Morgan fingerprint density at radius 1 is 1.04 bits per heavy atom. The smallest absolute Gasteiger partial charge is 0.323 e. The Hall–Kier alpha value is -1.14. The predicted molar refractivity (Wildman–Crippen MR) is 93.9 cm³/mol. The minimum absolute atomic E-state index is 0.0149. The summed E-state index contributed by atoms with van der Waals surface area (Å²) in [5.74, 6) is -0.216. The van der Waals surface area contributed by atoms with Crippen LogP contribution in [0.4, 0.5) is 0 Å². The van der Waals surface area contributed by atoms with Crippen LogP contribution in [0.3, 0.4) is 0 Å². The lowest BCUT2D eigenvalue weighted by Gasteiger charge is -2.31. The fourth-order valence-electron chi connectivity index (χ4n) is 3.54. The molecule has 0 N–H and O–H groups in total. The summed E-state index contributed by atoms with van der Waals surface area (Å²) >= 11 is 0. The third kappa shape index (κ3) is 6.26. The number of hydrogen-bond acceptors (Lipinski definition) is 6. The van der Waals surface area contributed by atoms with Crippen molar-refractivity contribution >= 4 is 11.9 Å². The largest absolute Gasteiger partial charge is 0.466 e. The Kier molecular flexibility index (Phi) is 7.25. The summed E-state index contributed by atoms with van der Waals surface area (Å²) in [7, 11) is 0. The van der Waals surface area contributed by atoms with Gasteiger partial charge < -0.3 is 14.2 Å². The number of rotatable bonds is 6. The second kappa shape index (κ2) is 8.99. The molecule has 2 aliphatic rings. The van der Waals surface area contributed by atoms with E-state index >= 15 is 0 Å². The van der Waals surface area contributed by atoms with E-state index in [1.165, 1.54) is 0 Å². The topological polar surface area (TPSA) is 65.1 Å². The molecule has 0 radical (unpaired) electrons. The standard InChI is InChI=1S/C19H33NO5/c1-5-23-17(21)14-8-10-15(11-9-14)24-13-20-12-6-7-16(20)18(22)25-19(2,3)4/h14-16H,5-13H2,1-4H3/t14?,15?,16-/m1/s1. The first-order chi connectivity index (χ1) is 11.8. The summed E-state index contributed by atoms with van der Waals surface area (Å²) in [6, 6.07) is -0.199. The Balaban J connectivity index is 1.74. The van der Waals surface area contributed by atoms with Crippen LogP contribution in [-0.2, 0) is 23.8 Å². The van der Waals surface area contributed by atoms with E-state index in [-0.39, 0.29) is 30.0 Å². The van der Waals surface area contributed by atoms with Gasteiger partial charge in [-0.25, -0.2) is 0 Å². The Labute approximate surface area is 151 Å². The maximum absolute atomic E-state index is 12.3. The molecule has 1 saturated carbocycles. The molecule has 0 aromatic rings. The number of likely N-dealkylation sites (tertiary alicyclic amines) is 1. The number of esters is 2. The normalized spacial score (nSPS) is 27.9. The molecule has 0 amide bonds. The van der Waals surface area contributed by atoms with E-state index in [1.54, 1.807) is 0 Å². The van der Waals surface area contributed by atoms with Gasteiger partial charge in [0.1, 0.15) is 18.4 Å². The van der Waals surface area contributed by atoms with Crippen LogP contribution in [-0.4, -0.2) is 54.5 Å². The summed E-state index contributed by atoms with van der Waals surface area (Å²) < 4.78 is 16.6. The maximum Gasteiger partial charge on any atom is 0.323 e. The molecular formula is C19H33NO5. The lowest BCUT2D eigenvalue weighted by molar-refractivity contribution is -0.164. The molecule has 0 bridgehead atoms. The average molecular weight is 355 g/mol. The highest BCUT2D eigenvalue weighted by Gasteiger charge is 2.35. The number of carbonyl (C=O) groups is 2. The van der Waals surface area contributed by atoms with Gasteiger partial charge in [-0.3, -0.25) is 14.5 Å². The van der Waals surface area contributed by atoms with Crippen LogP contribution in [0.5, 0.6) is 0 Å². The third-order valence-electron chi connectivity index (χ3n) is 4.81. The summed E-state index contributed by atoms with van der Waals surface area (Å²) in [6.07, 6.45) is 5.35. The van der Waals surface area contributed by atoms with E-state index < -0.39 is 5.60 Å². The minimum atomic E-state index is -0.461. The predicted octanol–water partition coefficient (Wildman–Crippen LogP) is 2.89. The summed E-state index contributed by atoms with van der Waals surface area (Å²) in [5, 5.41) is 0. The van der Waals surface area contributed by atoms with Crippen molar-refractivity contribution in [1.29, 1.82) is 0 Å². The van der Waals surface area contributed by atoms with Crippen molar-refractivity contribution in [1.82, 2.24) is 4.90 Å². The van der Waals surface area contributed by atoms with Gasteiger partial charge in [0.25, 0.3) is 0 Å². The number of carbonyl (C=O) groups excluding carboxylic acids is 2. The molecule has 25 heavy (non-hydrogen) atoms. The highest BCUT2D eigenvalue weighted by Crippen LogP contribution is 2.28. The van der Waals surface area contributed by atoms with Crippen LogP contribution < -0.4 is 0 Å². The molecule has 1 atom stereocenters. The molecule has 6 heteroatoms. The summed E-state index contributed by atoms with van der Waals surface area (Å²) in [5.41, 5.74) is -0.461. The maximum atomic E-state index is 12.3. The molecule has 1 heterocycles. The Morgan fingerprint density at radius 3 is 2.32 bits per heavy atom. The molecule has 0 spiro atoms. The molecule has 1 aliphatic carbocycles. The van der Waals surface area contributed by atoms with E-state index in [1.807, 2.05) is 27.7 Å². The van der Waals surface area contributed by atoms with Crippen LogP contribution in [0.2, 0.25) is 0 Å². The average Bonchev–Trinajstić information content (AvgIpc) is 3.01. The molecule has 144 valence electrons. The van der Waals surface area contributed by atoms with Crippen molar-refractivity contribution in [3.63, 3.8) is 0 Å². The van der Waals surface area contributed by atoms with Crippen LogP contribution in [0, 0.1) is 5.92 Å². The van der Waals surface area contributed by atoms with E-state index in [0.717, 1.165) is 45.1 Å². The van der Waals surface area contributed by atoms with E-state index in [9.17, 15) is 9.59 Å². The first kappa shape index (κ1) is 20.2. The zero-order valence-electron chi connectivity index (χ0n) is 16.1. The van der Waals surface area contributed by atoms with Crippen molar-refractivity contribution in [2.24, 2.45) is 5.92 Å². The molecular weight excluding hydrogens is 322 g/mol. The quantitative estimate of drug-likeness (QED) is 0.683. The van der Waals surface area contributed by atoms with Gasteiger partial charge in [-0.05, 0) is 66.2 Å². The van der Waals surface area contributed by atoms with Gasteiger partial charge >= 0.3 is 11.9 Å². The fourth-order valence-corrected chi connectivity index (χ4v) is 3.54. The van der Waals surface area contributed by atoms with Gasteiger partial charge in [0.05, 0.1) is 18.6 Å².